The molecule has 0 radical (unpaired) electrons. The Morgan fingerprint density at radius 1 is 1.15 bits per heavy atom. The Morgan fingerprint density at radius 3 is 2.25 bits per heavy atom. The van der Waals surface area contributed by atoms with Gasteiger partial charge in [0.1, 0.15) is 11.9 Å². The van der Waals surface area contributed by atoms with Gasteiger partial charge in [-0.25, -0.2) is 0 Å². The number of nitrogens with one attached hydrogen (secondary N) is 1. The fourth-order valence-corrected chi connectivity index (χ4v) is 2.76. The van der Waals surface area contributed by atoms with Crippen LogP contribution in [0.25, 0.3) is 0 Å². The van der Waals surface area contributed by atoms with Gasteiger partial charge in [0, 0.05) is 11.6 Å². The Hall–Kier alpha value is -1.02. The fourth-order valence-electron chi connectivity index (χ4n) is 2.76. The van der Waals surface area contributed by atoms with Crippen molar-refractivity contribution in [2.45, 2.75) is 71.6 Å². The molecule has 0 spiro atoms. The van der Waals surface area contributed by atoms with E-state index >= 15 is 0 Å². The molecule has 1 aliphatic carbocycles. The van der Waals surface area contributed by atoms with Crippen LogP contribution < -0.4 is 10.1 Å². The molecule has 1 aliphatic rings. The van der Waals surface area contributed by atoms with Crippen molar-refractivity contribution in [3.63, 3.8) is 0 Å². The summed E-state index contributed by atoms with van der Waals surface area (Å²) in [4.78, 5) is 0. The minimum atomic E-state index is 0.203. The van der Waals surface area contributed by atoms with Gasteiger partial charge in [-0.2, -0.15) is 0 Å². The monoisotopic (exact) mass is 275 g/mol. The van der Waals surface area contributed by atoms with Gasteiger partial charge in [-0.3, -0.25) is 0 Å². The largest absolute Gasteiger partial charge is 0.490 e. The summed E-state index contributed by atoms with van der Waals surface area (Å²) in [5, 5.41) is 3.62. The van der Waals surface area contributed by atoms with Crippen molar-refractivity contribution in [1.82, 2.24) is 5.32 Å². The molecule has 112 valence electrons. The first-order valence-electron chi connectivity index (χ1n) is 7.85. The van der Waals surface area contributed by atoms with Crippen LogP contribution in [0.5, 0.6) is 5.75 Å². The van der Waals surface area contributed by atoms with Crippen molar-refractivity contribution < 1.29 is 4.74 Å². The van der Waals surface area contributed by atoms with E-state index in [1.807, 2.05) is 0 Å². The van der Waals surface area contributed by atoms with E-state index in [1.165, 1.54) is 5.56 Å². The zero-order chi connectivity index (χ0) is 14.8. The van der Waals surface area contributed by atoms with Gasteiger partial charge in [-0.15, -0.1) is 0 Å². The van der Waals surface area contributed by atoms with Gasteiger partial charge in [0.25, 0.3) is 0 Å². The Bertz CT molecular complexity index is 410. The number of benzene rings is 1. The summed E-state index contributed by atoms with van der Waals surface area (Å²) in [5.41, 5.74) is 1.60. The van der Waals surface area contributed by atoms with Gasteiger partial charge in [0.2, 0.25) is 0 Å². The first-order valence-corrected chi connectivity index (χ1v) is 7.85. The van der Waals surface area contributed by atoms with Crippen molar-refractivity contribution in [1.29, 1.82) is 0 Å². The van der Waals surface area contributed by atoms with Crippen molar-refractivity contribution >= 4 is 0 Å². The maximum absolute atomic E-state index is 6.02. The van der Waals surface area contributed by atoms with Gasteiger partial charge in [0.15, 0.2) is 0 Å². The summed E-state index contributed by atoms with van der Waals surface area (Å²) in [6, 6.07) is 9.22. The van der Waals surface area contributed by atoms with Crippen molar-refractivity contribution in [3.05, 3.63) is 29.8 Å². The van der Waals surface area contributed by atoms with Gasteiger partial charge in [-0.05, 0) is 63.6 Å². The molecule has 1 saturated carbocycles. The van der Waals surface area contributed by atoms with E-state index < -0.39 is 0 Å². The molecule has 1 fully saturated rings. The molecule has 0 bridgehead atoms. The number of hydrogen-bond acceptors (Lipinski definition) is 2. The van der Waals surface area contributed by atoms with Crippen LogP contribution in [0.2, 0.25) is 0 Å². The van der Waals surface area contributed by atoms with E-state index in [0.29, 0.717) is 18.1 Å². The molecule has 1 aromatic rings. The molecule has 1 aromatic carbocycles. The van der Waals surface area contributed by atoms with Gasteiger partial charge >= 0.3 is 0 Å². The minimum Gasteiger partial charge on any atom is -0.490 e. The highest BCUT2D eigenvalue weighted by atomic mass is 16.5. The summed E-state index contributed by atoms with van der Waals surface area (Å²) in [5.74, 6) is 1.72. The third-order valence-electron chi connectivity index (χ3n) is 3.60. The normalized spacial score (nSPS) is 22.7. The third kappa shape index (κ3) is 4.82. The molecule has 20 heavy (non-hydrogen) atoms. The van der Waals surface area contributed by atoms with E-state index in [9.17, 15) is 0 Å². The summed E-state index contributed by atoms with van der Waals surface area (Å²) in [6.45, 7) is 11.2. The highest BCUT2D eigenvalue weighted by Crippen LogP contribution is 2.27. The smallest absolute Gasteiger partial charge is 0.119 e. The zero-order valence-electron chi connectivity index (χ0n) is 13.6. The Morgan fingerprint density at radius 2 is 1.75 bits per heavy atom. The molecule has 0 atom stereocenters. The lowest BCUT2D eigenvalue weighted by atomic mass is 9.87. The van der Waals surface area contributed by atoms with E-state index in [4.69, 9.17) is 4.74 Å². The summed E-state index contributed by atoms with van der Waals surface area (Å²) in [7, 11) is 0. The highest BCUT2D eigenvalue weighted by molar-refractivity contribution is 5.28. The number of hydrogen-bond donors (Lipinski definition) is 1. The van der Waals surface area contributed by atoms with Gasteiger partial charge < -0.3 is 10.1 Å². The van der Waals surface area contributed by atoms with Crippen LogP contribution in [0.1, 0.15) is 53.0 Å². The molecule has 0 aromatic heterocycles. The lowest BCUT2D eigenvalue weighted by Gasteiger charge is -2.40. The average Bonchev–Trinajstić information content (AvgIpc) is 2.26. The van der Waals surface area contributed by atoms with Crippen LogP contribution in [0, 0.1) is 5.92 Å². The predicted molar refractivity (Wildman–Crippen MR) is 85.3 cm³/mol. The SMILES string of the molecule is CC(C)Cc1ccc(O[C@H]2C[C@H](NC(C)(C)C)C2)cc1. The molecule has 2 heteroatoms. The van der Waals surface area contributed by atoms with Crippen LogP contribution in [0.15, 0.2) is 24.3 Å². The summed E-state index contributed by atoms with van der Waals surface area (Å²) < 4.78 is 6.02. The molecule has 0 amide bonds. The van der Waals surface area contributed by atoms with Crippen LogP contribution >= 0.6 is 0 Å². The van der Waals surface area contributed by atoms with Crippen molar-refractivity contribution in [3.8, 4) is 5.75 Å². The molecule has 0 aliphatic heterocycles. The maximum atomic E-state index is 6.02. The molecular formula is C18H29NO. The predicted octanol–water partition coefficient (Wildman–Crippen LogP) is 4.18. The molecule has 2 rings (SSSR count). The minimum absolute atomic E-state index is 0.203. The van der Waals surface area contributed by atoms with E-state index in [2.05, 4.69) is 64.2 Å². The zero-order valence-corrected chi connectivity index (χ0v) is 13.6. The van der Waals surface area contributed by atoms with E-state index in [-0.39, 0.29) is 5.54 Å². The standard InChI is InChI=1S/C18H29NO/c1-13(2)10-14-6-8-16(9-7-14)20-17-11-15(12-17)19-18(3,4)5/h6-9,13,15,17,19H,10-12H2,1-5H3/t15-,17-. The Labute approximate surface area is 123 Å². The van der Waals surface area contributed by atoms with Crippen LogP contribution in [-0.4, -0.2) is 17.7 Å². The van der Waals surface area contributed by atoms with Crippen molar-refractivity contribution in [2.24, 2.45) is 5.92 Å². The Kier molecular flexibility index (Phi) is 4.74. The lowest BCUT2D eigenvalue weighted by molar-refractivity contribution is 0.0734. The second kappa shape index (κ2) is 6.17. The second-order valence-corrected chi connectivity index (χ2v) is 7.54. The number of ether oxygens (including phenoxy) is 1. The molecule has 1 N–H and O–H groups in total. The topological polar surface area (TPSA) is 21.3 Å². The average molecular weight is 275 g/mol. The van der Waals surface area contributed by atoms with Crippen LogP contribution in [0.4, 0.5) is 0 Å². The van der Waals surface area contributed by atoms with E-state index in [1.54, 1.807) is 0 Å². The highest BCUT2D eigenvalue weighted by Gasteiger charge is 2.32. The first-order chi connectivity index (χ1) is 9.32. The van der Waals surface area contributed by atoms with E-state index in [0.717, 1.165) is 25.0 Å². The van der Waals surface area contributed by atoms with Gasteiger partial charge in [-0.1, -0.05) is 26.0 Å². The lowest BCUT2D eigenvalue weighted by Crippen LogP contribution is -2.53. The second-order valence-electron chi connectivity index (χ2n) is 7.54. The molecule has 0 unspecified atom stereocenters. The molecule has 2 nitrogen and oxygen atoms in total. The number of rotatable bonds is 5. The van der Waals surface area contributed by atoms with Crippen LogP contribution in [-0.2, 0) is 6.42 Å². The van der Waals surface area contributed by atoms with Crippen LogP contribution in [0.3, 0.4) is 0 Å². The quantitative estimate of drug-likeness (QED) is 0.870. The molecule has 0 heterocycles. The summed E-state index contributed by atoms with van der Waals surface area (Å²) >= 11 is 0. The summed E-state index contributed by atoms with van der Waals surface area (Å²) in [6.07, 6.45) is 3.75. The maximum Gasteiger partial charge on any atom is 0.119 e. The molecule has 0 saturated heterocycles. The Balaban J connectivity index is 1.76. The molecular weight excluding hydrogens is 246 g/mol. The first kappa shape index (κ1) is 15.4. The van der Waals surface area contributed by atoms with Gasteiger partial charge in [0.05, 0.1) is 0 Å². The fraction of sp³-hybridized carbons (Fsp3) is 0.667. The third-order valence-corrected chi connectivity index (χ3v) is 3.60. The van der Waals surface area contributed by atoms with Crippen molar-refractivity contribution in [2.75, 3.05) is 0 Å².